The molecule has 0 amide bonds. The molecule has 2 fully saturated rings. The summed E-state index contributed by atoms with van der Waals surface area (Å²) in [6, 6.07) is 6.12. The second-order valence-corrected chi connectivity index (χ2v) is 6.23. The quantitative estimate of drug-likeness (QED) is 0.864. The molecule has 5 atom stereocenters. The highest BCUT2D eigenvalue weighted by Crippen LogP contribution is 2.45. The Morgan fingerprint density at radius 3 is 2.50 bits per heavy atom. The second kappa shape index (κ2) is 4.68. The van der Waals surface area contributed by atoms with Crippen molar-refractivity contribution in [3.05, 3.63) is 47.7 Å². The van der Waals surface area contributed by atoms with E-state index in [1.54, 1.807) is 32.1 Å². The predicted octanol–water partition coefficient (Wildman–Crippen LogP) is 2.58. The van der Waals surface area contributed by atoms with Crippen LogP contribution in [-0.4, -0.2) is 35.5 Å². The van der Waals surface area contributed by atoms with E-state index in [1.807, 2.05) is 0 Å². The molecule has 1 N–H and O–H groups in total. The van der Waals surface area contributed by atoms with Crippen molar-refractivity contribution in [1.29, 1.82) is 0 Å². The first-order valence-electron chi connectivity index (χ1n) is 7.27. The maximum Gasteiger partial charge on any atom is 0.273 e. The molecule has 0 aromatic heterocycles. The number of aliphatic hydroxyl groups excluding tert-OH is 1. The Morgan fingerprint density at radius 2 is 1.77 bits per heavy atom. The number of rotatable bonds is 1. The van der Waals surface area contributed by atoms with E-state index in [1.165, 1.54) is 12.1 Å². The van der Waals surface area contributed by atoms with Gasteiger partial charge >= 0.3 is 0 Å². The minimum atomic E-state index is -0.744. The molecule has 3 heterocycles. The van der Waals surface area contributed by atoms with E-state index in [-0.39, 0.29) is 23.8 Å². The Kier molecular flexibility index (Phi) is 2.98. The molecule has 0 aliphatic carbocycles. The molecular formula is C16H17FO5. The fourth-order valence-electron chi connectivity index (χ4n) is 3.33. The summed E-state index contributed by atoms with van der Waals surface area (Å²) in [6.45, 7) is 3.61. The summed E-state index contributed by atoms with van der Waals surface area (Å²) >= 11 is 0. The molecule has 1 aromatic rings. The third kappa shape index (κ3) is 2.18. The van der Waals surface area contributed by atoms with Crippen LogP contribution in [0.25, 0.3) is 0 Å². The van der Waals surface area contributed by atoms with Crippen molar-refractivity contribution in [3.8, 4) is 0 Å². The molecule has 22 heavy (non-hydrogen) atoms. The number of hydrogen-bond donors (Lipinski definition) is 1. The number of hydrogen-bond acceptors (Lipinski definition) is 5. The maximum absolute atomic E-state index is 13.1. The van der Waals surface area contributed by atoms with Crippen molar-refractivity contribution >= 4 is 0 Å². The Morgan fingerprint density at radius 1 is 1.05 bits per heavy atom. The van der Waals surface area contributed by atoms with Gasteiger partial charge < -0.3 is 24.1 Å². The van der Waals surface area contributed by atoms with Crippen LogP contribution < -0.4 is 0 Å². The highest BCUT2D eigenvalue weighted by molar-refractivity contribution is 5.29. The molecule has 118 valence electrons. The topological polar surface area (TPSA) is 57.2 Å². The van der Waals surface area contributed by atoms with Crippen molar-refractivity contribution in [3.63, 3.8) is 0 Å². The first kappa shape index (κ1) is 14.0. The Balaban J connectivity index is 1.65. The highest BCUT2D eigenvalue weighted by Gasteiger charge is 2.59. The number of fused-ring (bicyclic) bond motifs is 3. The van der Waals surface area contributed by atoms with Crippen molar-refractivity contribution in [2.45, 2.75) is 50.2 Å². The van der Waals surface area contributed by atoms with Crippen molar-refractivity contribution < 1.29 is 28.4 Å². The van der Waals surface area contributed by atoms with E-state index < -0.39 is 24.3 Å². The van der Waals surface area contributed by atoms with Gasteiger partial charge in [-0.05, 0) is 31.5 Å². The second-order valence-electron chi connectivity index (χ2n) is 6.23. The number of halogens is 1. The van der Waals surface area contributed by atoms with Gasteiger partial charge in [0.2, 0.25) is 0 Å². The summed E-state index contributed by atoms with van der Waals surface area (Å²) in [5.74, 6) is -1.47. The maximum atomic E-state index is 13.1. The third-order valence-electron chi connectivity index (χ3n) is 4.21. The van der Waals surface area contributed by atoms with E-state index in [0.29, 0.717) is 0 Å². The van der Waals surface area contributed by atoms with E-state index in [2.05, 4.69) is 0 Å². The lowest BCUT2D eigenvalue weighted by molar-refractivity contribution is -0.222. The minimum absolute atomic E-state index is 0.173. The molecule has 2 saturated heterocycles. The first-order valence-corrected chi connectivity index (χ1v) is 7.27. The molecule has 0 unspecified atom stereocenters. The van der Waals surface area contributed by atoms with Crippen LogP contribution in [0, 0.1) is 5.82 Å². The third-order valence-corrected chi connectivity index (χ3v) is 4.21. The molecule has 0 bridgehead atoms. The highest BCUT2D eigenvalue weighted by atomic mass is 19.1. The fraction of sp³-hybridized carbons (Fsp3) is 0.500. The van der Waals surface area contributed by atoms with E-state index >= 15 is 0 Å². The van der Waals surface area contributed by atoms with Crippen LogP contribution in [-0.2, 0) is 18.9 Å². The minimum Gasteiger partial charge on any atom is -0.481 e. The molecule has 0 radical (unpaired) electrons. The molecule has 0 saturated carbocycles. The average molecular weight is 308 g/mol. The van der Waals surface area contributed by atoms with Gasteiger partial charge in [-0.1, -0.05) is 12.1 Å². The molecule has 6 heteroatoms. The van der Waals surface area contributed by atoms with Gasteiger partial charge in [0.05, 0.1) is 0 Å². The smallest absolute Gasteiger partial charge is 0.273 e. The van der Waals surface area contributed by atoms with Crippen LogP contribution in [0.5, 0.6) is 0 Å². The normalized spacial score (nSPS) is 38.9. The predicted molar refractivity (Wildman–Crippen MR) is 73.4 cm³/mol. The van der Waals surface area contributed by atoms with Gasteiger partial charge in [0.25, 0.3) is 5.95 Å². The lowest BCUT2D eigenvalue weighted by atomic mass is 9.88. The SMILES string of the molecule is CC1(C)O[C@H]2O[C@H]3[C@H](OC(O)=C[C@@H]3c3ccc(F)cc3)[C@H]2O1. The van der Waals surface area contributed by atoms with Gasteiger partial charge in [0, 0.05) is 12.0 Å². The molecule has 3 aliphatic heterocycles. The summed E-state index contributed by atoms with van der Waals surface area (Å²) in [6.07, 6.45) is -0.189. The summed E-state index contributed by atoms with van der Waals surface area (Å²) < 4.78 is 36.1. The molecule has 1 aromatic carbocycles. The van der Waals surface area contributed by atoms with Crippen molar-refractivity contribution in [2.75, 3.05) is 0 Å². The summed E-state index contributed by atoms with van der Waals surface area (Å²) in [5.41, 5.74) is 0.838. The van der Waals surface area contributed by atoms with Crippen LogP contribution in [0.2, 0.25) is 0 Å². The Bertz CT molecular complexity index is 611. The largest absolute Gasteiger partial charge is 0.481 e. The summed E-state index contributed by atoms with van der Waals surface area (Å²) in [7, 11) is 0. The van der Waals surface area contributed by atoms with Gasteiger partial charge in [0.15, 0.2) is 24.3 Å². The Hall–Kier alpha value is -1.63. The molecule has 0 spiro atoms. The lowest BCUT2D eigenvalue weighted by Gasteiger charge is -2.33. The molecular weight excluding hydrogens is 291 g/mol. The first-order chi connectivity index (χ1) is 10.4. The van der Waals surface area contributed by atoms with Crippen molar-refractivity contribution in [2.24, 2.45) is 0 Å². The van der Waals surface area contributed by atoms with E-state index in [4.69, 9.17) is 18.9 Å². The molecule has 3 aliphatic rings. The average Bonchev–Trinajstić information content (AvgIpc) is 2.91. The van der Waals surface area contributed by atoms with Crippen LogP contribution in [0.15, 0.2) is 36.3 Å². The number of aliphatic hydroxyl groups is 1. The van der Waals surface area contributed by atoms with Crippen LogP contribution in [0.4, 0.5) is 4.39 Å². The zero-order valence-corrected chi connectivity index (χ0v) is 12.2. The Labute approximate surface area is 127 Å². The van der Waals surface area contributed by atoms with Crippen LogP contribution in [0.1, 0.15) is 25.3 Å². The summed E-state index contributed by atoms with van der Waals surface area (Å²) in [5, 5.41) is 9.91. The molecule has 4 rings (SSSR count). The van der Waals surface area contributed by atoms with Gasteiger partial charge in [0.1, 0.15) is 11.9 Å². The zero-order valence-electron chi connectivity index (χ0n) is 12.2. The van der Waals surface area contributed by atoms with E-state index in [0.717, 1.165) is 5.56 Å². The van der Waals surface area contributed by atoms with E-state index in [9.17, 15) is 9.50 Å². The zero-order chi connectivity index (χ0) is 15.5. The molecule has 5 nitrogen and oxygen atoms in total. The van der Waals surface area contributed by atoms with Gasteiger partial charge in [-0.2, -0.15) is 0 Å². The lowest BCUT2D eigenvalue weighted by Crippen LogP contribution is -2.41. The fourth-order valence-corrected chi connectivity index (χ4v) is 3.33. The van der Waals surface area contributed by atoms with Crippen LogP contribution >= 0.6 is 0 Å². The van der Waals surface area contributed by atoms with Gasteiger partial charge in [-0.15, -0.1) is 0 Å². The van der Waals surface area contributed by atoms with Crippen molar-refractivity contribution in [1.82, 2.24) is 0 Å². The van der Waals surface area contributed by atoms with Gasteiger partial charge in [-0.25, -0.2) is 4.39 Å². The monoisotopic (exact) mass is 308 g/mol. The van der Waals surface area contributed by atoms with Crippen LogP contribution in [0.3, 0.4) is 0 Å². The number of ether oxygens (including phenoxy) is 4. The summed E-state index contributed by atoms with van der Waals surface area (Å²) in [4.78, 5) is 0. The standard InChI is InChI=1S/C16H17FO5/c1-16(2)21-14-13-12(20-15(14)22-16)10(7-11(18)19-13)8-3-5-9(17)6-4-8/h3-7,10,12-15,18H,1-2H3/t10-,12-,13+,14-,15-/m1/s1. The van der Waals surface area contributed by atoms with Gasteiger partial charge in [-0.3, -0.25) is 0 Å². The number of benzene rings is 1.